The van der Waals surface area contributed by atoms with Crippen molar-refractivity contribution in [3.05, 3.63) is 99.3 Å². The molecular formula is C35H43ClF2N4O3. The fourth-order valence-electron chi connectivity index (χ4n) is 5.39. The number of rotatable bonds is 6. The minimum absolute atomic E-state index is 0.0465. The number of aryl methyl sites for hydroxylation is 2. The van der Waals surface area contributed by atoms with Crippen molar-refractivity contribution >= 4 is 37.1 Å². The number of hydrogen-bond acceptors (Lipinski definition) is 7. The van der Waals surface area contributed by atoms with Crippen molar-refractivity contribution in [2.24, 2.45) is 4.99 Å². The second kappa shape index (κ2) is 18.1. The lowest BCUT2D eigenvalue weighted by atomic mass is 9.98. The summed E-state index contributed by atoms with van der Waals surface area (Å²) in [5.74, 6) is -0.604. The maximum Gasteiger partial charge on any atom is 0.157 e. The number of halogens is 3. The molecule has 1 unspecified atom stereocenters. The van der Waals surface area contributed by atoms with Crippen LogP contribution in [0.2, 0.25) is 5.02 Å². The van der Waals surface area contributed by atoms with Crippen molar-refractivity contribution in [2.45, 2.75) is 51.7 Å². The van der Waals surface area contributed by atoms with Gasteiger partial charge in [0.1, 0.15) is 25.2 Å². The van der Waals surface area contributed by atoms with E-state index in [-0.39, 0.29) is 17.4 Å². The van der Waals surface area contributed by atoms with Crippen LogP contribution >= 0.6 is 11.6 Å². The third-order valence-electron chi connectivity index (χ3n) is 7.88. The molecule has 3 N–H and O–H groups in total. The van der Waals surface area contributed by atoms with E-state index >= 15 is 0 Å². The van der Waals surface area contributed by atoms with Gasteiger partial charge in [0, 0.05) is 24.3 Å². The Balaban J connectivity index is 0.000000365. The summed E-state index contributed by atoms with van der Waals surface area (Å²) in [6, 6.07) is 12.2. The van der Waals surface area contributed by atoms with Crippen LogP contribution in [0.1, 0.15) is 53.2 Å². The topological polar surface area (TPSA) is 94.0 Å². The van der Waals surface area contributed by atoms with E-state index in [2.05, 4.69) is 34.2 Å². The Hall–Kier alpha value is -3.92. The van der Waals surface area contributed by atoms with Gasteiger partial charge in [-0.15, -0.1) is 0 Å². The predicted octanol–water partition coefficient (Wildman–Crippen LogP) is 6.81. The molecule has 1 aliphatic heterocycles. The molecule has 1 atom stereocenters. The van der Waals surface area contributed by atoms with Crippen LogP contribution in [0.4, 0.5) is 14.5 Å². The van der Waals surface area contributed by atoms with Crippen LogP contribution in [0.3, 0.4) is 0 Å². The second-order valence-corrected chi connectivity index (χ2v) is 11.3. The fourth-order valence-corrected chi connectivity index (χ4v) is 5.67. The molecule has 10 heteroatoms. The van der Waals surface area contributed by atoms with E-state index in [0.717, 1.165) is 60.5 Å². The van der Waals surface area contributed by atoms with Crippen LogP contribution in [-0.2, 0) is 16.0 Å². The van der Waals surface area contributed by atoms with Crippen LogP contribution in [-0.4, -0.2) is 63.0 Å². The van der Waals surface area contributed by atoms with Crippen LogP contribution in [0.15, 0.2) is 59.9 Å². The zero-order valence-corrected chi connectivity index (χ0v) is 27.2. The normalized spacial score (nSPS) is 15.9. The average Bonchev–Trinajstić information content (AvgIpc) is 3.41. The molecule has 2 aliphatic rings. The zero-order valence-electron chi connectivity index (χ0n) is 26.4. The number of fused-ring (bicyclic) bond motifs is 1. The largest absolute Gasteiger partial charge is 0.388 e. The van der Waals surface area contributed by atoms with Gasteiger partial charge in [0.05, 0.1) is 17.4 Å². The van der Waals surface area contributed by atoms with Crippen LogP contribution < -0.4 is 10.6 Å². The molecule has 0 spiro atoms. The lowest BCUT2D eigenvalue weighted by molar-refractivity contribution is -0.0987. The molecule has 1 fully saturated rings. The first-order valence-electron chi connectivity index (χ1n) is 14.6. The highest BCUT2D eigenvalue weighted by atomic mass is 35.5. The number of carbonyl (C=O) groups is 2. The molecule has 3 aromatic rings. The number of likely N-dealkylation sites (tertiary alicyclic amines) is 1. The predicted molar refractivity (Wildman–Crippen MR) is 180 cm³/mol. The van der Waals surface area contributed by atoms with E-state index in [4.69, 9.17) is 21.2 Å². The van der Waals surface area contributed by atoms with Crippen molar-refractivity contribution in [1.29, 1.82) is 0 Å². The Kier molecular flexibility index (Phi) is 15.0. The number of aliphatic imine (C=N–C) groups is 1. The van der Waals surface area contributed by atoms with Gasteiger partial charge in [-0.25, -0.2) is 13.8 Å². The molecule has 0 radical (unpaired) electrons. The van der Waals surface area contributed by atoms with Crippen molar-refractivity contribution in [3.63, 3.8) is 0 Å². The molecular weight excluding hydrogens is 598 g/mol. The number of aliphatic hydroxyl groups excluding tert-OH is 1. The quantitative estimate of drug-likeness (QED) is 0.256. The molecule has 7 nitrogen and oxygen atoms in total. The Bertz CT molecular complexity index is 1470. The van der Waals surface area contributed by atoms with Gasteiger partial charge in [-0.1, -0.05) is 30.3 Å². The molecule has 0 saturated carbocycles. The van der Waals surface area contributed by atoms with Gasteiger partial charge in [-0.2, -0.15) is 0 Å². The lowest BCUT2D eigenvalue weighted by Crippen LogP contribution is -2.40. The Labute approximate surface area is 270 Å². The highest BCUT2D eigenvalue weighted by molar-refractivity contribution is 6.30. The number of anilines is 1. The summed E-state index contributed by atoms with van der Waals surface area (Å²) < 4.78 is 29.0. The molecule has 45 heavy (non-hydrogen) atoms. The number of nitrogens with zero attached hydrogens (tertiary/aromatic N) is 2. The first kappa shape index (κ1) is 37.3. The van der Waals surface area contributed by atoms with Gasteiger partial charge in [-0.3, -0.25) is 0 Å². The highest BCUT2D eigenvalue weighted by Gasteiger charge is 2.22. The molecule has 0 bridgehead atoms. The number of piperidine rings is 1. The third-order valence-corrected chi connectivity index (χ3v) is 8.09. The number of nitrogens with one attached hydrogen (secondary N) is 2. The highest BCUT2D eigenvalue weighted by Crippen LogP contribution is 2.35. The second-order valence-electron chi connectivity index (χ2n) is 10.9. The first-order valence-corrected chi connectivity index (χ1v) is 14.9. The SMILES string of the molecule is C=C(/N=C\c1cc(-c2c(F)ccc(NC)c2F)ccc1C)NC1CCN(C)CC1.C=O.C=O.Cc1cc(Cl)cc2c1CCC2O. The molecule has 1 heterocycles. The Morgan fingerprint density at radius 2 is 1.69 bits per heavy atom. The maximum absolute atomic E-state index is 14.7. The van der Waals surface area contributed by atoms with E-state index < -0.39 is 11.6 Å². The summed E-state index contributed by atoms with van der Waals surface area (Å²) in [4.78, 5) is 22.7. The number of benzene rings is 3. The summed E-state index contributed by atoms with van der Waals surface area (Å²) in [6.07, 6.45) is 5.34. The maximum atomic E-state index is 14.7. The summed E-state index contributed by atoms with van der Waals surface area (Å²) in [7, 11) is 3.73. The summed E-state index contributed by atoms with van der Waals surface area (Å²) in [5.41, 5.74) is 5.96. The van der Waals surface area contributed by atoms with E-state index in [1.54, 1.807) is 25.4 Å². The molecule has 1 aliphatic carbocycles. The molecule has 0 aromatic heterocycles. The summed E-state index contributed by atoms with van der Waals surface area (Å²) in [6.45, 7) is 14.1. The minimum Gasteiger partial charge on any atom is -0.388 e. The molecule has 1 saturated heterocycles. The van der Waals surface area contributed by atoms with Crippen molar-refractivity contribution in [3.8, 4) is 11.1 Å². The van der Waals surface area contributed by atoms with Crippen molar-refractivity contribution in [2.75, 3.05) is 32.5 Å². The number of aliphatic hydroxyl groups is 1. The van der Waals surface area contributed by atoms with Gasteiger partial charge in [-0.05, 0) is 123 Å². The molecule has 5 rings (SSSR count). The van der Waals surface area contributed by atoms with E-state index in [1.165, 1.54) is 23.3 Å². The van der Waals surface area contributed by atoms with Crippen molar-refractivity contribution in [1.82, 2.24) is 10.2 Å². The van der Waals surface area contributed by atoms with E-state index in [1.807, 2.05) is 45.6 Å². The van der Waals surface area contributed by atoms with E-state index in [9.17, 15) is 13.9 Å². The molecule has 242 valence electrons. The number of hydrogen-bond donors (Lipinski definition) is 3. The van der Waals surface area contributed by atoms with Gasteiger partial charge >= 0.3 is 0 Å². The fraction of sp³-hybridized carbons (Fsp3) is 0.343. The van der Waals surface area contributed by atoms with Gasteiger partial charge in [0.25, 0.3) is 0 Å². The van der Waals surface area contributed by atoms with E-state index in [0.29, 0.717) is 17.4 Å². The summed E-state index contributed by atoms with van der Waals surface area (Å²) >= 11 is 5.88. The standard InChI is InChI=1S/C23H28F2N4.C10H11ClO.2CH2O/c1-15-5-6-17(22-20(24)7-8-21(26-3)23(22)25)13-18(15)14-27-16(2)28-19-9-11-29(4)12-10-19;1-6-4-7(11)5-9-8(6)2-3-10(9)12;2*1-2/h5-8,13-14,19,26,28H,2,9-12H2,1,3-4H3;4-5,10,12H,2-3H2,1H3;2*1H2/b27-14-;;;. The molecule has 3 aromatic carbocycles. The zero-order chi connectivity index (χ0) is 33.7. The Morgan fingerprint density at radius 3 is 2.33 bits per heavy atom. The van der Waals surface area contributed by atoms with Gasteiger partial charge in [0.2, 0.25) is 0 Å². The number of carbonyl (C=O) groups excluding carboxylic acids is 2. The van der Waals surface area contributed by atoms with Crippen molar-refractivity contribution < 1.29 is 23.5 Å². The van der Waals surface area contributed by atoms with Crippen LogP contribution in [0, 0.1) is 25.5 Å². The van der Waals surface area contributed by atoms with Gasteiger partial charge < -0.3 is 30.2 Å². The van der Waals surface area contributed by atoms with Crippen LogP contribution in [0.25, 0.3) is 11.1 Å². The minimum atomic E-state index is -0.604. The first-order chi connectivity index (χ1) is 21.6. The van der Waals surface area contributed by atoms with Crippen LogP contribution in [0.5, 0.6) is 0 Å². The Morgan fingerprint density at radius 1 is 1.02 bits per heavy atom. The third kappa shape index (κ3) is 10.0. The summed E-state index contributed by atoms with van der Waals surface area (Å²) in [5, 5.41) is 16.4. The lowest BCUT2D eigenvalue weighted by Gasteiger charge is -2.29. The monoisotopic (exact) mass is 640 g/mol. The molecule has 0 amide bonds. The van der Waals surface area contributed by atoms with Gasteiger partial charge in [0.15, 0.2) is 5.82 Å². The smallest absolute Gasteiger partial charge is 0.157 e. The average molecular weight is 641 g/mol.